The first-order chi connectivity index (χ1) is 8.45. The van der Waals surface area contributed by atoms with Crippen molar-refractivity contribution in [1.29, 1.82) is 0 Å². The van der Waals surface area contributed by atoms with E-state index in [4.69, 9.17) is 29.6 Å². The molecule has 0 fully saturated rings. The normalized spacial score (nSPS) is 11.9. The predicted molar refractivity (Wildman–Crippen MR) is 80.0 cm³/mol. The molecule has 1 amide bonds. The molecule has 0 spiro atoms. The zero-order valence-electron chi connectivity index (χ0n) is 10.5. The summed E-state index contributed by atoms with van der Waals surface area (Å²) < 4.78 is 0. The Balaban J connectivity index is 2.82. The van der Waals surface area contributed by atoms with Crippen LogP contribution >= 0.6 is 23.8 Å². The lowest BCUT2D eigenvalue weighted by atomic mass is 10.0. The summed E-state index contributed by atoms with van der Waals surface area (Å²) in [6.45, 7) is 3.88. The van der Waals surface area contributed by atoms with Gasteiger partial charge < -0.3 is 11.1 Å². The lowest BCUT2D eigenvalue weighted by molar-refractivity contribution is -0.118. The fraction of sp³-hybridized carbons (Fsp3) is 0.385. The number of rotatable bonds is 5. The zero-order valence-corrected chi connectivity index (χ0v) is 12.1. The molecule has 1 atom stereocenters. The predicted octanol–water partition coefficient (Wildman–Crippen LogP) is 3.29. The fourth-order valence-electron chi connectivity index (χ4n) is 1.68. The molecule has 0 aliphatic heterocycles. The Morgan fingerprint density at radius 3 is 2.72 bits per heavy atom. The molecule has 0 bridgehead atoms. The van der Waals surface area contributed by atoms with Crippen LogP contribution in [-0.2, 0) is 4.79 Å². The van der Waals surface area contributed by atoms with E-state index in [1.807, 2.05) is 13.8 Å². The number of nitrogens with two attached hydrogens (primary N) is 1. The monoisotopic (exact) mass is 284 g/mol. The van der Waals surface area contributed by atoms with Crippen LogP contribution in [0.2, 0.25) is 5.02 Å². The minimum atomic E-state index is -0.417. The first-order valence-corrected chi connectivity index (χ1v) is 6.60. The highest BCUT2D eigenvalue weighted by molar-refractivity contribution is 7.80. The average Bonchev–Trinajstić information content (AvgIpc) is 2.29. The molecule has 1 rings (SSSR count). The highest BCUT2D eigenvalue weighted by atomic mass is 35.5. The molecule has 1 aromatic carbocycles. The van der Waals surface area contributed by atoms with Gasteiger partial charge in [0.25, 0.3) is 0 Å². The van der Waals surface area contributed by atoms with Crippen LogP contribution < -0.4 is 11.1 Å². The van der Waals surface area contributed by atoms with E-state index < -0.39 is 5.92 Å². The number of aryl methyl sites for hydroxylation is 1. The molecule has 3 N–H and O–H groups in total. The van der Waals surface area contributed by atoms with Crippen molar-refractivity contribution >= 4 is 40.4 Å². The minimum Gasteiger partial charge on any atom is -0.393 e. The van der Waals surface area contributed by atoms with Crippen LogP contribution in [0.3, 0.4) is 0 Å². The number of carbonyl (C=O) groups excluding carboxylic acids is 1. The molecule has 98 valence electrons. The van der Waals surface area contributed by atoms with Crippen molar-refractivity contribution in [3.63, 3.8) is 0 Å². The van der Waals surface area contributed by atoms with Crippen LogP contribution in [0, 0.1) is 12.8 Å². The Morgan fingerprint density at radius 2 is 2.22 bits per heavy atom. The van der Waals surface area contributed by atoms with E-state index in [0.717, 1.165) is 17.7 Å². The third kappa shape index (κ3) is 3.96. The molecule has 1 aromatic rings. The van der Waals surface area contributed by atoms with Gasteiger partial charge in [0, 0.05) is 10.7 Å². The van der Waals surface area contributed by atoms with E-state index in [2.05, 4.69) is 5.32 Å². The van der Waals surface area contributed by atoms with Crippen LogP contribution in [0.1, 0.15) is 25.3 Å². The number of carbonyl (C=O) groups is 1. The molecular formula is C13H17ClN2OS. The van der Waals surface area contributed by atoms with Gasteiger partial charge in [-0.05, 0) is 37.1 Å². The number of amides is 1. The second kappa shape index (κ2) is 6.71. The summed E-state index contributed by atoms with van der Waals surface area (Å²) in [5.74, 6) is -0.574. The van der Waals surface area contributed by atoms with E-state index in [9.17, 15) is 4.79 Å². The highest BCUT2D eigenvalue weighted by Gasteiger charge is 2.20. The third-order valence-electron chi connectivity index (χ3n) is 2.68. The Hall–Kier alpha value is -1.13. The van der Waals surface area contributed by atoms with Crippen LogP contribution in [0.4, 0.5) is 5.69 Å². The second-order valence-corrected chi connectivity index (χ2v) is 5.10. The minimum absolute atomic E-state index is 0.158. The van der Waals surface area contributed by atoms with Crippen molar-refractivity contribution in [2.24, 2.45) is 11.7 Å². The van der Waals surface area contributed by atoms with Gasteiger partial charge in [-0.25, -0.2) is 0 Å². The number of nitrogens with one attached hydrogen (secondary N) is 1. The topological polar surface area (TPSA) is 55.1 Å². The lowest BCUT2D eigenvalue weighted by Crippen LogP contribution is -2.33. The smallest absolute Gasteiger partial charge is 0.234 e. The summed E-state index contributed by atoms with van der Waals surface area (Å²) in [5.41, 5.74) is 7.24. The van der Waals surface area contributed by atoms with Crippen LogP contribution in [0.25, 0.3) is 0 Å². The Labute approximate surface area is 118 Å². The number of thiocarbonyl (C=S) groups is 1. The maximum atomic E-state index is 12.1. The van der Waals surface area contributed by atoms with Crippen molar-refractivity contribution in [1.82, 2.24) is 0 Å². The summed E-state index contributed by atoms with van der Waals surface area (Å²) in [6.07, 6.45) is 1.52. The summed E-state index contributed by atoms with van der Waals surface area (Å²) in [4.78, 5) is 12.3. The molecule has 0 aromatic heterocycles. The number of anilines is 1. The van der Waals surface area contributed by atoms with E-state index in [1.165, 1.54) is 0 Å². The average molecular weight is 285 g/mol. The Bertz CT molecular complexity index is 462. The second-order valence-electron chi connectivity index (χ2n) is 4.19. The van der Waals surface area contributed by atoms with Crippen molar-refractivity contribution in [2.75, 3.05) is 5.32 Å². The van der Waals surface area contributed by atoms with Crippen LogP contribution in [0.5, 0.6) is 0 Å². The summed E-state index contributed by atoms with van der Waals surface area (Å²) in [6, 6.07) is 5.31. The first kappa shape index (κ1) is 14.9. The van der Waals surface area contributed by atoms with Gasteiger partial charge in [-0.3, -0.25) is 4.79 Å². The molecule has 18 heavy (non-hydrogen) atoms. The van der Waals surface area contributed by atoms with Crippen LogP contribution in [0.15, 0.2) is 18.2 Å². The zero-order chi connectivity index (χ0) is 13.7. The molecule has 0 aliphatic rings. The number of halogens is 1. The standard InChI is InChI=1S/C13H17ClN2OS/c1-3-4-10(12(15)18)13(17)16-11-6-5-9(14)7-8(11)2/h5-7,10H,3-4H2,1-2H3,(H2,15,18)(H,16,17). The molecule has 0 radical (unpaired) electrons. The van der Waals surface area contributed by atoms with Gasteiger partial charge in [0.2, 0.25) is 5.91 Å². The van der Waals surface area contributed by atoms with Gasteiger partial charge >= 0.3 is 0 Å². The number of benzene rings is 1. The first-order valence-electron chi connectivity index (χ1n) is 5.82. The van der Waals surface area contributed by atoms with E-state index >= 15 is 0 Å². The van der Waals surface area contributed by atoms with Crippen molar-refractivity contribution in [3.05, 3.63) is 28.8 Å². The van der Waals surface area contributed by atoms with Crippen molar-refractivity contribution in [3.8, 4) is 0 Å². The van der Waals surface area contributed by atoms with Gasteiger partial charge in [-0.2, -0.15) is 0 Å². The molecule has 1 unspecified atom stereocenters. The van der Waals surface area contributed by atoms with Crippen molar-refractivity contribution < 1.29 is 4.79 Å². The SMILES string of the molecule is CCCC(C(=O)Nc1ccc(Cl)cc1C)C(N)=S. The van der Waals surface area contributed by atoms with Gasteiger partial charge in [0.05, 0.1) is 10.9 Å². The third-order valence-corrected chi connectivity index (χ3v) is 3.20. The number of hydrogen-bond acceptors (Lipinski definition) is 2. The van der Waals surface area contributed by atoms with E-state index in [0.29, 0.717) is 11.4 Å². The largest absolute Gasteiger partial charge is 0.393 e. The van der Waals surface area contributed by atoms with Gasteiger partial charge in [-0.1, -0.05) is 37.2 Å². The fourth-order valence-corrected chi connectivity index (χ4v) is 2.13. The summed E-state index contributed by atoms with van der Waals surface area (Å²) in [7, 11) is 0. The van der Waals surface area contributed by atoms with E-state index in [-0.39, 0.29) is 10.9 Å². The van der Waals surface area contributed by atoms with Gasteiger partial charge in [0.15, 0.2) is 0 Å². The van der Waals surface area contributed by atoms with Gasteiger partial charge in [0.1, 0.15) is 0 Å². The molecule has 5 heteroatoms. The van der Waals surface area contributed by atoms with E-state index in [1.54, 1.807) is 18.2 Å². The maximum Gasteiger partial charge on any atom is 0.234 e. The molecular weight excluding hydrogens is 268 g/mol. The lowest BCUT2D eigenvalue weighted by Gasteiger charge is -2.15. The number of hydrogen-bond donors (Lipinski definition) is 2. The molecule has 0 saturated heterocycles. The summed E-state index contributed by atoms with van der Waals surface area (Å²) in [5, 5.41) is 3.48. The highest BCUT2D eigenvalue weighted by Crippen LogP contribution is 2.21. The quantitative estimate of drug-likeness (QED) is 0.816. The Kier molecular flexibility index (Phi) is 5.56. The molecule has 0 aliphatic carbocycles. The molecule has 0 heterocycles. The Morgan fingerprint density at radius 1 is 1.56 bits per heavy atom. The molecule has 3 nitrogen and oxygen atoms in total. The van der Waals surface area contributed by atoms with Gasteiger partial charge in [-0.15, -0.1) is 0 Å². The van der Waals surface area contributed by atoms with Crippen LogP contribution in [-0.4, -0.2) is 10.9 Å². The van der Waals surface area contributed by atoms with Crippen molar-refractivity contribution in [2.45, 2.75) is 26.7 Å². The molecule has 0 saturated carbocycles. The maximum absolute atomic E-state index is 12.1. The summed E-state index contributed by atoms with van der Waals surface area (Å²) >= 11 is 10.8.